The van der Waals surface area contributed by atoms with Gasteiger partial charge in [0.05, 0.1) is 19.6 Å². The van der Waals surface area contributed by atoms with Crippen LogP contribution >= 0.6 is 0 Å². The van der Waals surface area contributed by atoms with Gasteiger partial charge in [0.25, 0.3) is 0 Å². The summed E-state index contributed by atoms with van der Waals surface area (Å²) in [4.78, 5) is 22.5. The summed E-state index contributed by atoms with van der Waals surface area (Å²) in [7, 11) is 0. The van der Waals surface area contributed by atoms with Crippen molar-refractivity contribution in [2.45, 2.75) is 52.0 Å². The van der Waals surface area contributed by atoms with E-state index in [9.17, 15) is 14.7 Å². The van der Waals surface area contributed by atoms with Gasteiger partial charge in [0.1, 0.15) is 11.5 Å². The smallest absolute Gasteiger partial charge is 0.307 e. The van der Waals surface area contributed by atoms with Crippen molar-refractivity contribution in [3.05, 3.63) is 95.2 Å². The largest absolute Gasteiger partial charge is 0.494 e. The van der Waals surface area contributed by atoms with Crippen LogP contribution in [0.5, 0.6) is 11.5 Å². The van der Waals surface area contributed by atoms with E-state index in [2.05, 4.69) is 13.0 Å². The zero-order valence-electron chi connectivity index (χ0n) is 23.4. The molecule has 0 aliphatic carbocycles. The molecule has 0 radical (unpaired) electrons. The first-order valence-electron chi connectivity index (χ1n) is 14.1. The summed E-state index contributed by atoms with van der Waals surface area (Å²) in [6.07, 6.45) is 9.02. The Balaban J connectivity index is 1.34. The number of aromatic nitrogens is 1. The van der Waals surface area contributed by atoms with Crippen LogP contribution in [0, 0.1) is 0 Å². The van der Waals surface area contributed by atoms with Gasteiger partial charge in [0, 0.05) is 30.1 Å². The Bertz CT molecular complexity index is 1490. The molecule has 0 aliphatic heterocycles. The molecule has 0 saturated carbocycles. The van der Waals surface area contributed by atoms with E-state index in [1.54, 1.807) is 0 Å². The highest BCUT2D eigenvalue weighted by atomic mass is 16.5. The van der Waals surface area contributed by atoms with Crippen molar-refractivity contribution in [3.63, 3.8) is 0 Å². The normalized spacial score (nSPS) is 11.2. The van der Waals surface area contributed by atoms with E-state index in [0.717, 1.165) is 52.8 Å². The number of hydrogen-bond acceptors (Lipinski definition) is 4. The minimum absolute atomic E-state index is 0.0652. The van der Waals surface area contributed by atoms with E-state index in [4.69, 9.17) is 14.6 Å². The van der Waals surface area contributed by atoms with Gasteiger partial charge in [0.15, 0.2) is 0 Å². The van der Waals surface area contributed by atoms with Gasteiger partial charge in [-0.3, -0.25) is 9.59 Å². The van der Waals surface area contributed by atoms with Crippen molar-refractivity contribution in [1.82, 2.24) is 4.57 Å². The topological polar surface area (TPSA) is 98.0 Å². The van der Waals surface area contributed by atoms with Gasteiger partial charge in [0.2, 0.25) is 0 Å². The molecule has 1 aromatic heterocycles. The van der Waals surface area contributed by atoms with E-state index in [1.165, 1.54) is 5.56 Å². The average molecular weight is 556 g/mol. The fraction of sp³-hybridized carbons (Fsp3) is 0.294. The van der Waals surface area contributed by atoms with Crippen molar-refractivity contribution >= 4 is 35.0 Å². The third kappa shape index (κ3) is 8.48. The predicted molar refractivity (Wildman–Crippen MR) is 162 cm³/mol. The summed E-state index contributed by atoms with van der Waals surface area (Å²) in [6, 6.07) is 21.9. The summed E-state index contributed by atoms with van der Waals surface area (Å²) in [5.41, 5.74) is 4.75. The van der Waals surface area contributed by atoms with Gasteiger partial charge in [-0.05, 0) is 72.2 Å². The maximum Gasteiger partial charge on any atom is 0.307 e. The van der Waals surface area contributed by atoms with Gasteiger partial charge < -0.3 is 24.3 Å². The number of carboxylic acids is 2. The third-order valence-electron chi connectivity index (χ3n) is 6.90. The lowest BCUT2D eigenvalue weighted by Gasteiger charge is -2.10. The van der Waals surface area contributed by atoms with Crippen LogP contribution in [0.3, 0.4) is 0 Å². The van der Waals surface area contributed by atoms with E-state index in [1.807, 2.05) is 83.6 Å². The first kappa shape index (κ1) is 29.5. The molecule has 0 aliphatic rings. The summed E-state index contributed by atoms with van der Waals surface area (Å²) in [6.45, 7) is 3.92. The molecule has 3 aromatic carbocycles. The van der Waals surface area contributed by atoms with Crippen LogP contribution in [0.1, 0.15) is 54.9 Å². The molecule has 0 unspecified atom stereocenters. The SMILES string of the molecule is CCc1ccccc1OCCCCOc1ccc(/C=C/c2cccc3c2c(CC(=O)O)cn3CCCC(=O)O)cc1. The summed E-state index contributed by atoms with van der Waals surface area (Å²) >= 11 is 0. The number of carbonyl (C=O) groups is 2. The Morgan fingerprint density at radius 3 is 2.29 bits per heavy atom. The van der Waals surface area contributed by atoms with E-state index in [0.29, 0.717) is 31.7 Å². The minimum atomic E-state index is -0.904. The minimum Gasteiger partial charge on any atom is -0.494 e. The molecule has 41 heavy (non-hydrogen) atoms. The highest BCUT2D eigenvalue weighted by Crippen LogP contribution is 2.28. The van der Waals surface area contributed by atoms with Crippen LogP contribution in [0.2, 0.25) is 0 Å². The molecular weight excluding hydrogens is 518 g/mol. The van der Waals surface area contributed by atoms with Crippen LogP contribution in [0.15, 0.2) is 72.9 Å². The molecule has 7 nitrogen and oxygen atoms in total. The quantitative estimate of drug-likeness (QED) is 0.113. The lowest BCUT2D eigenvalue weighted by molar-refractivity contribution is -0.137. The van der Waals surface area contributed by atoms with Gasteiger partial charge in [-0.2, -0.15) is 0 Å². The number of aryl methyl sites for hydroxylation is 2. The summed E-state index contributed by atoms with van der Waals surface area (Å²) in [5.74, 6) is 0.0235. The second kappa shape index (κ2) is 14.7. The molecule has 2 N–H and O–H groups in total. The number of nitrogens with zero attached hydrogens (tertiary/aromatic N) is 1. The van der Waals surface area contributed by atoms with Crippen molar-refractivity contribution < 1.29 is 29.3 Å². The lowest BCUT2D eigenvalue weighted by Crippen LogP contribution is -2.03. The summed E-state index contributed by atoms with van der Waals surface area (Å²) in [5, 5.41) is 19.3. The molecule has 0 atom stereocenters. The van der Waals surface area contributed by atoms with Crippen LogP contribution in [-0.2, 0) is 29.0 Å². The standard InChI is InChI=1S/C34H37NO6/c1-2-26-9-3-4-12-31(26)41-22-6-5-21-40-29-18-15-25(16-19-29)14-17-27-10-7-11-30-34(27)28(23-33(38)39)24-35(30)20-8-13-32(36)37/h3-4,7,9-12,14-19,24H,2,5-6,8,13,20-23H2,1H3,(H,36,37)(H,38,39)/b17-14+. The molecule has 0 bridgehead atoms. The van der Waals surface area contributed by atoms with Crippen molar-refractivity contribution in [2.75, 3.05) is 13.2 Å². The average Bonchev–Trinajstić information content (AvgIpc) is 3.31. The molecule has 0 saturated heterocycles. The van der Waals surface area contributed by atoms with Gasteiger partial charge >= 0.3 is 11.9 Å². The lowest BCUT2D eigenvalue weighted by atomic mass is 10.0. The van der Waals surface area contributed by atoms with Gasteiger partial charge in [-0.25, -0.2) is 0 Å². The van der Waals surface area contributed by atoms with Gasteiger partial charge in [-0.15, -0.1) is 0 Å². The highest BCUT2D eigenvalue weighted by molar-refractivity contribution is 5.96. The maximum absolute atomic E-state index is 11.5. The van der Waals surface area contributed by atoms with Gasteiger partial charge in [-0.1, -0.05) is 61.5 Å². The number of ether oxygens (including phenoxy) is 2. The molecule has 0 amide bonds. The fourth-order valence-corrected chi connectivity index (χ4v) is 4.86. The number of para-hydroxylation sites is 1. The third-order valence-corrected chi connectivity index (χ3v) is 6.90. The Morgan fingerprint density at radius 2 is 1.56 bits per heavy atom. The molecule has 214 valence electrons. The Morgan fingerprint density at radius 1 is 0.805 bits per heavy atom. The number of hydrogen-bond donors (Lipinski definition) is 2. The predicted octanol–water partition coefficient (Wildman–Crippen LogP) is 7.10. The van der Waals surface area contributed by atoms with E-state index in [-0.39, 0.29) is 12.8 Å². The Labute approximate surface area is 240 Å². The van der Waals surface area contributed by atoms with Crippen LogP contribution in [0.4, 0.5) is 0 Å². The molecule has 1 heterocycles. The van der Waals surface area contributed by atoms with Crippen molar-refractivity contribution in [2.24, 2.45) is 0 Å². The molecule has 0 fully saturated rings. The Kier molecular flexibility index (Phi) is 10.6. The fourth-order valence-electron chi connectivity index (χ4n) is 4.86. The zero-order chi connectivity index (χ0) is 29.0. The van der Waals surface area contributed by atoms with Crippen LogP contribution in [-0.4, -0.2) is 39.9 Å². The number of rotatable bonds is 16. The second-order valence-electron chi connectivity index (χ2n) is 9.92. The maximum atomic E-state index is 11.5. The number of benzene rings is 3. The monoisotopic (exact) mass is 555 g/mol. The molecule has 0 spiro atoms. The van der Waals surface area contributed by atoms with Crippen molar-refractivity contribution in [1.29, 1.82) is 0 Å². The van der Waals surface area contributed by atoms with Crippen LogP contribution < -0.4 is 9.47 Å². The van der Waals surface area contributed by atoms with Crippen LogP contribution in [0.25, 0.3) is 23.1 Å². The first-order chi connectivity index (χ1) is 19.9. The summed E-state index contributed by atoms with van der Waals surface area (Å²) < 4.78 is 13.8. The number of aliphatic carboxylic acids is 2. The number of carboxylic acid groups (broad SMARTS) is 2. The first-order valence-corrected chi connectivity index (χ1v) is 14.1. The zero-order valence-corrected chi connectivity index (χ0v) is 23.4. The molecular formula is C34H37NO6. The van der Waals surface area contributed by atoms with E-state index >= 15 is 0 Å². The number of fused-ring (bicyclic) bond motifs is 1. The second-order valence-corrected chi connectivity index (χ2v) is 9.92. The van der Waals surface area contributed by atoms with E-state index < -0.39 is 11.9 Å². The molecule has 4 aromatic rings. The molecule has 4 rings (SSSR count). The van der Waals surface area contributed by atoms with Crippen molar-refractivity contribution in [3.8, 4) is 11.5 Å². The Hall–Kier alpha value is -4.52. The number of unbranched alkanes of at least 4 members (excludes halogenated alkanes) is 1. The highest BCUT2D eigenvalue weighted by Gasteiger charge is 2.14. The molecule has 7 heteroatoms.